The third-order valence-electron chi connectivity index (χ3n) is 3.39. The lowest BCUT2D eigenvalue weighted by Gasteiger charge is -2.28. The lowest BCUT2D eigenvalue weighted by molar-refractivity contribution is 0.0936. The normalized spacial score (nSPS) is 20.4. The minimum atomic E-state index is -0.110. The maximum Gasteiger partial charge on any atom is 0.269 e. The monoisotopic (exact) mass is 304 g/mol. The molecule has 0 saturated carbocycles. The van der Waals surface area contributed by atoms with Crippen molar-refractivity contribution in [2.75, 3.05) is 0 Å². The molecule has 2 N–H and O–H groups in total. The molecule has 0 heterocycles. The zero-order chi connectivity index (χ0) is 12.5. The number of amides is 1. The molecule has 1 aromatic carbocycles. The van der Waals surface area contributed by atoms with Gasteiger partial charge in [0.05, 0.1) is 0 Å². The number of nitrogens with one attached hydrogen (secondary N) is 2. The van der Waals surface area contributed by atoms with Crippen LogP contribution in [0, 0.1) is 5.92 Å². The highest BCUT2D eigenvalue weighted by molar-refractivity contribution is 9.10. The Morgan fingerprint density at radius 2 is 2.06 bits per heavy atom. The molecule has 0 spiro atoms. The van der Waals surface area contributed by atoms with Crippen molar-refractivity contribution in [1.29, 1.82) is 0 Å². The van der Waals surface area contributed by atoms with Crippen LogP contribution in [0.25, 0.3) is 0 Å². The Labute approximate surface area is 114 Å². The Balaban J connectivity index is 1.61. The molecule has 4 heteroatoms. The van der Waals surface area contributed by atoms with E-state index in [4.69, 9.17) is 0 Å². The zero-order valence-corrected chi connectivity index (χ0v) is 11.3. The van der Waals surface area contributed by atoms with Crippen LogP contribution in [0.4, 0.5) is 0 Å². The third-order valence-corrected chi connectivity index (χ3v) is 3.92. The first-order valence-electron chi connectivity index (χ1n) is 5.95. The fourth-order valence-electron chi connectivity index (χ4n) is 2.32. The molecule has 0 aliphatic heterocycles. The number of hydrogen-bond donors (Lipinski definition) is 2. The van der Waals surface area contributed by atoms with Crippen molar-refractivity contribution < 1.29 is 4.79 Å². The second-order valence-corrected chi connectivity index (χ2v) is 5.47. The Hall–Kier alpha value is -1.55. The van der Waals surface area contributed by atoms with Crippen molar-refractivity contribution in [2.45, 2.75) is 12.8 Å². The molecule has 0 radical (unpaired) electrons. The van der Waals surface area contributed by atoms with Gasteiger partial charge in [0.15, 0.2) is 0 Å². The van der Waals surface area contributed by atoms with Gasteiger partial charge in [0, 0.05) is 15.7 Å². The van der Waals surface area contributed by atoms with Gasteiger partial charge in [-0.2, -0.15) is 0 Å². The lowest BCUT2D eigenvalue weighted by atomic mass is 9.84. The summed E-state index contributed by atoms with van der Waals surface area (Å²) in [5, 5.41) is 0. The van der Waals surface area contributed by atoms with Crippen molar-refractivity contribution in [2.24, 2.45) is 5.92 Å². The van der Waals surface area contributed by atoms with Gasteiger partial charge in [-0.05, 0) is 48.6 Å². The number of halogens is 1. The summed E-state index contributed by atoms with van der Waals surface area (Å²) in [5.41, 5.74) is 8.88. The molecule has 1 atom stereocenters. The van der Waals surface area contributed by atoms with Gasteiger partial charge in [-0.1, -0.05) is 28.1 Å². The Kier molecular flexibility index (Phi) is 2.96. The largest absolute Gasteiger partial charge is 0.302 e. The maximum absolute atomic E-state index is 11.9. The fraction of sp³-hybridized carbons (Fsp3) is 0.214. The van der Waals surface area contributed by atoms with Crippen LogP contribution in [-0.4, -0.2) is 5.91 Å². The van der Waals surface area contributed by atoms with Crippen LogP contribution in [0.15, 0.2) is 52.2 Å². The number of carbonyl (C=O) groups excluding carboxylic acids is 1. The number of rotatable bonds is 3. The standard InChI is InChI=1S/C14H13BrN2O/c15-11-6-4-9(5-7-11)14(18)17-16-13-8-10-2-1-3-12(10)13/h1,3-7,10,16H,2,8H2,(H,17,18)/t10-/m1/s1. The van der Waals surface area contributed by atoms with E-state index in [0.717, 1.165) is 23.0 Å². The molecular weight excluding hydrogens is 292 g/mol. The average molecular weight is 305 g/mol. The lowest BCUT2D eigenvalue weighted by Crippen LogP contribution is -2.40. The van der Waals surface area contributed by atoms with Crippen LogP contribution in [-0.2, 0) is 0 Å². The van der Waals surface area contributed by atoms with Crippen molar-refractivity contribution in [3.8, 4) is 0 Å². The predicted octanol–water partition coefficient (Wildman–Crippen LogP) is 2.92. The van der Waals surface area contributed by atoms with Gasteiger partial charge >= 0.3 is 0 Å². The van der Waals surface area contributed by atoms with Crippen molar-refractivity contribution in [3.63, 3.8) is 0 Å². The minimum absolute atomic E-state index is 0.110. The van der Waals surface area contributed by atoms with Crippen LogP contribution in [0.3, 0.4) is 0 Å². The molecule has 0 saturated heterocycles. The van der Waals surface area contributed by atoms with E-state index >= 15 is 0 Å². The van der Waals surface area contributed by atoms with E-state index in [9.17, 15) is 4.79 Å². The van der Waals surface area contributed by atoms with Crippen molar-refractivity contribution >= 4 is 21.8 Å². The average Bonchev–Trinajstić information content (AvgIpc) is 2.72. The Morgan fingerprint density at radius 1 is 1.28 bits per heavy atom. The summed E-state index contributed by atoms with van der Waals surface area (Å²) in [7, 11) is 0. The minimum Gasteiger partial charge on any atom is -0.302 e. The summed E-state index contributed by atoms with van der Waals surface area (Å²) >= 11 is 3.35. The van der Waals surface area contributed by atoms with Gasteiger partial charge in [-0.25, -0.2) is 0 Å². The van der Waals surface area contributed by atoms with Crippen LogP contribution >= 0.6 is 15.9 Å². The number of carbonyl (C=O) groups is 1. The predicted molar refractivity (Wildman–Crippen MR) is 73.6 cm³/mol. The number of allylic oxidation sites excluding steroid dienone is 4. The third kappa shape index (κ3) is 2.08. The van der Waals surface area contributed by atoms with Crippen LogP contribution in [0.5, 0.6) is 0 Å². The molecule has 2 aliphatic carbocycles. The van der Waals surface area contributed by atoms with E-state index in [1.165, 1.54) is 5.57 Å². The topological polar surface area (TPSA) is 41.1 Å². The molecule has 1 aromatic rings. The fourth-order valence-corrected chi connectivity index (χ4v) is 2.59. The SMILES string of the molecule is O=C(NNC1=C2C=CC[C@@H]2C1)c1ccc(Br)cc1. The molecule has 0 aromatic heterocycles. The molecular formula is C14H13BrN2O. The maximum atomic E-state index is 11.9. The van der Waals surface area contributed by atoms with E-state index in [1.807, 2.05) is 12.1 Å². The molecule has 3 rings (SSSR count). The van der Waals surface area contributed by atoms with Gasteiger partial charge in [-0.3, -0.25) is 10.2 Å². The summed E-state index contributed by atoms with van der Waals surface area (Å²) in [4.78, 5) is 11.9. The Bertz CT molecular complexity index is 545. The summed E-state index contributed by atoms with van der Waals surface area (Å²) in [6.07, 6.45) is 6.50. The van der Waals surface area contributed by atoms with E-state index in [-0.39, 0.29) is 5.91 Å². The Morgan fingerprint density at radius 3 is 2.78 bits per heavy atom. The smallest absolute Gasteiger partial charge is 0.269 e. The number of hydrogen-bond acceptors (Lipinski definition) is 2. The van der Waals surface area contributed by atoms with E-state index in [1.54, 1.807) is 12.1 Å². The quantitative estimate of drug-likeness (QED) is 0.843. The van der Waals surface area contributed by atoms with Gasteiger partial charge in [0.25, 0.3) is 5.91 Å². The zero-order valence-electron chi connectivity index (χ0n) is 9.74. The van der Waals surface area contributed by atoms with Crippen molar-refractivity contribution in [3.05, 3.63) is 57.7 Å². The molecule has 0 unspecified atom stereocenters. The number of hydrazine groups is 1. The van der Waals surface area contributed by atoms with E-state index < -0.39 is 0 Å². The first-order chi connectivity index (χ1) is 8.74. The van der Waals surface area contributed by atoms with Gasteiger partial charge in [-0.15, -0.1) is 0 Å². The van der Waals surface area contributed by atoms with Crippen LogP contribution in [0.1, 0.15) is 23.2 Å². The summed E-state index contributed by atoms with van der Waals surface area (Å²) < 4.78 is 0.967. The molecule has 92 valence electrons. The summed E-state index contributed by atoms with van der Waals surface area (Å²) in [5.74, 6) is 0.568. The van der Waals surface area contributed by atoms with Crippen LogP contribution in [0.2, 0.25) is 0 Å². The van der Waals surface area contributed by atoms with Gasteiger partial charge in [0.1, 0.15) is 0 Å². The first kappa shape index (κ1) is 11.5. The van der Waals surface area contributed by atoms with Gasteiger partial charge < -0.3 is 5.43 Å². The number of fused-ring (bicyclic) bond motifs is 1. The molecule has 18 heavy (non-hydrogen) atoms. The second kappa shape index (κ2) is 4.61. The molecule has 0 bridgehead atoms. The van der Waals surface area contributed by atoms with Gasteiger partial charge in [0.2, 0.25) is 0 Å². The number of benzene rings is 1. The highest BCUT2D eigenvalue weighted by Crippen LogP contribution is 2.40. The van der Waals surface area contributed by atoms with Crippen LogP contribution < -0.4 is 10.9 Å². The van der Waals surface area contributed by atoms with Crippen molar-refractivity contribution in [1.82, 2.24) is 10.9 Å². The molecule has 2 aliphatic rings. The second-order valence-electron chi connectivity index (χ2n) is 4.56. The molecule has 3 nitrogen and oxygen atoms in total. The molecule has 1 amide bonds. The highest BCUT2D eigenvalue weighted by Gasteiger charge is 2.30. The highest BCUT2D eigenvalue weighted by atomic mass is 79.9. The van der Waals surface area contributed by atoms with E-state index in [0.29, 0.717) is 11.5 Å². The summed E-state index contributed by atoms with van der Waals surface area (Å²) in [6, 6.07) is 7.29. The first-order valence-corrected chi connectivity index (χ1v) is 6.75. The summed E-state index contributed by atoms with van der Waals surface area (Å²) in [6.45, 7) is 0. The molecule has 0 fully saturated rings. The van der Waals surface area contributed by atoms with E-state index in [2.05, 4.69) is 38.9 Å².